The molecule has 70 valence electrons. The Hall–Kier alpha value is -1.77. The summed E-state index contributed by atoms with van der Waals surface area (Å²) in [5.41, 5.74) is 3.24. The lowest BCUT2D eigenvalue weighted by atomic mass is 10.0. The average molecular weight is 186 g/mol. The van der Waals surface area contributed by atoms with E-state index in [4.69, 9.17) is 0 Å². The van der Waals surface area contributed by atoms with Gasteiger partial charge in [-0.05, 0) is 17.2 Å². The van der Waals surface area contributed by atoms with Gasteiger partial charge in [0.05, 0.1) is 6.67 Å². The minimum atomic E-state index is 0.0412. The maximum Gasteiger partial charge on any atom is 0.269 e. The molecule has 1 fully saturated rings. The van der Waals surface area contributed by atoms with Gasteiger partial charge < -0.3 is 10.2 Å². The van der Waals surface area contributed by atoms with Gasteiger partial charge in [-0.25, -0.2) is 0 Å². The first-order valence-corrected chi connectivity index (χ1v) is 4.67. The monoisotopic (exact) mass is 186 g/mol. The predicted octanol–water partition coefficient (Wildman–Crippen LogP) is 0.930. The van der Waals surface area contributed by atoms with Crippen molar-refractivity contribution in [2.24, 2.45) is 0 Å². The van der Waals surface area contributed by atoms with E-state index in [0.717, 1.165) is 17.8 Å². The molecule has 3 heteroatoms. The summed E-state index contributed by atoms with van der Waals surface area (Å²) in [7, 11) is 0. The summed E-state index contributed by atoms with van der Waals surface area (Å²) in [6.45, 7) is 1.47. The van der Waals surface area contributed by atoms with Crippen LogP contribution in [0.1, 0.15) is 11.1 Å². The number of carbonyl (C=O) groups excluding carboxylic acids is 1. The second-order valence-corrected chi connectivity index (χ2v) is 3.59. The van der Waals surface area contributed by atoms with Crippen LogP contribution in [0.4, 0.5) is 0 Å². The lowest BCUT2D eigenvalue weighted by molar-refractivity contribution is -0.116. The molecule has 0 unspecified atom stereocenters. The summed E-state index contributed by atoms with van der Waals surface area (Å²) in [6.07, 6.45) is 1.96. The number of amides is 1. The van der Waals surface area contributed by atoms with Gasteiger partial charge in [-0.2, -0.15) is 0 Å². The smallest absolute Gasteiger partial charge is 0.269 e. The van der Waals surface area contributed by atoms with Crippen molar-refractivity contribution in [2.75, 3.05) is 6.67 Å². The zero-order valence-corrected chi connectivity index (χ0v) is 7.66. The van der Waals surface area contributed by atoms with Crippen LogP contribution in [0.2, 0.25) is 0 Å². The zero-order valence-electron chi connectivity index (χ0n) is 7.66. The SMILES string of the molecule is O=C1NCN2Cc3ccccc3C=C12. The average Bonchev–Trinajstić information content (AvgIpc) is 2.57. The van der Waals surface area contributed by atoms with Crippen LogP contribution >= 0.6 is 0 Å². The van der Waals surface area contributed by atoms with E-state index in [-0.39, 0.29) is 5.91 Å². The normalized spacial score (nSPS) is 18.4. The van der Waals surface area contributed by atoms with Crippen LogP contribution in [-0.4, -0.2) is 17.5 Å². The highest BCUT2D eigenvalue weighted by Gasteiger charge is 2.28. The van der Waals surface area contributed by atoms with Crippen molar-refractivity contribution in [3.8, 4) is 0 Å². The summed E-state index contributed by atoms with van der Waals surface area (Å²) in [6, 6.07) is 8.18. The van der Waals surface area contributed by atoms with Crippen LogP contribution in [0.15, 0.2) is 30.0 Å². The van der Waals surface area contributed by atoms with Crippen LogP contribution in [0.5, 0.6) is 0 Å². The van der Waals surface area contributed by atoms with Crippen LogP contribution in [0, 0.1) is 0 Å². The lowest BCUT2D eigenvalue weighted by Crippen LogP contribution is -2.22. The Balaban J connectivity index is 2.13. The Morgan fingerprint density at radius 3 is 3.07 bits per heavy atom. The molecule has 3 rings (SSSR count). The van der Waals surface area contributed by atoms with Gasteiger partial charge in [0.1, 0.15) is 5.70 Å². The highest BCUT2D eigenvalue weighted by Crippen LogP contribution is 2.26. The van der Waals surface area contributed by atoms with Crippen molar-refractivity contribution < 1.29 is 4.79 Å². The first-order chi connectivity index (χ1) is 6.84. The van der Waals surface area contributed by atoms with E-state index in [9.17, 15) is 4.79 Å². The van der Waals surface area contributed by atoms with Crippen LogP contribution < -0.4 is 5.32 Å². The van der Waals surface area contributed by atoms with E-state index >= 15 is 0 Å². The minimum Gasteiger partial charge on any atom is -0.345 e. The number of nitrogens with zero attached hydrogens (tertiary/aromatic N) is 1. The summed E-state index contributed by atoms with van der Waals surface area (Å²) in [4.78, 5) is 13.5. The van der Waals surface area contributed by atoms with Crippen LogP contribution in [0.25, 0.3) is 6.08 Å². The first kappa shape index (κ1) is 7.62. The van der Waals surface area contributed by atoms with E-state index in [1.165, 1.54) is 5.56 Å². The third-order valence-corrected chi connectivity index (χ3v) is 2.71. The molecule has 0 atom stereocenters. The molecule has 1 N–H and O–H groups in total. The molecular formula is C11H10N2O. The molecule has 2 aliphatic rings. The van der Waals surface area contributed by atoms with Crippen LogP contribution in [0.3, 0.4) is 0 Å². The van der Waals surface area contributed by atoms with Crippen molar-refractivity contribution >= 4 is 12.0 Å². The van der Waals surface area contributed by atoms with Crippen molar-refractivity contribution in [3.05, 3.63) is 41.1 Å². The highest BCUT2D eigenvalue weighted by atomic mass is 16.2. The van der Waals surface area contributed by atoms with Gasteiger partial charge in [0.25, 0.3) is 5.91 Å². The summed E-state index contributed by atoms with van der Waals surface area (Å²) < 4.78 is 0. The molecule has 1 saturated heterocycles. The molecule has 1 aromatic carbocycles. The maximum atomic E-state index is 11.4. The van der Waals surface area contributed by atoms with Crippen molar-refractivity contribution in [1.82, 2.24) is 10.2 Å². The Morgan fingerprint density at radius 2 is 2.14 bits per heavy atom. The van der Waals surface area contributed by atoms with E-state index in [1.807, 2.05) is 24.3 Å². The number of carbonyl (C=O) groups is 1. The molecule has 0 radical (unpaired) electrons. The third kappa shape index (κ3) is 0.954. The second kappa shape index (κ2) is 2.61. The minimum absolute atomic E-state index is 0.0412. The van der Waals surface area contributed by atoms with Gasteiger partial charge in [0.2, 0.25) is 0 Å². The summed E-state index contributed by atoms with van der Waals surface area (Å²) in [5, 5.41) is 2.82. The standard InChI is InChI=1S/C11H10N2O/c14-11-10-5-8-3-1-2-4-9(8)6-13(10)7-12-11/h1-5H,6-7H2,(H,12,14). The van der Waals surface area contributed by atoms with Crippen molar-refractivity contribution in [1.29, 1.82) is 0 Å². The fourth-order valence-electron chi connectivity index (χ4n) is 1.96. The molecule has 0 spiro atoms. The Labute approximate surface area is 82.0 Å². The number of hydrogen-bond acceptors (Lipinski definition) is 2. The Bertz CT molecular complexity index is 437. The van der Waals surface area contributed by atoms with Crippen LogP contribution in [-0.2, 0) is 11.3 Å². The molecule has 3 nitrogen and oxygen atoms in total. The summed E-state index contributed by atoms with van der Waals surface area (Å²) >= 11 is 0. The predicted molar refractivity (Wildman–Crippen MR) is 53.0 cm³/mol. The van der Waals surface area contributed by atoms with E-state index < -0.39 is 0 Å². The van der Waals surface area contributed by atoms with E-state index in [0.29, 0.717) is 6.67 Å². The molecule has 1 amide bonds. The molecular weight excluding hydrogens is 176 g/mol. The molecule has 14 heavy (non-hydrogen) atoms. The highest BCUT2D eigenvalue weighted by molar-refractivity contribution is 5.99. The Morgan fingerprint density at radius 1 is 1.29 bits per heavy atom. The van der Waals surface area contributed by atoms with Crippen molar-refractivity contribution in [3.63, 3.8) is 0 Å². The van der Waals surface area contributed by atoms with Gasteiger partial charge in [-0.3, -0.25) is 4.79 Å². The van der Waals surface area contributed by atoms with E-state index in [1.54, 1.807) is 0 Å². The molecule has 0 aromatic heterocycles. The molecule has 0 aliphatic carbocycles. The fourth-order valence-corrected chi connectivity index (χ4v) is 1.96. The van der Waals surface area contributed by atoms with E-state index in [2.05, 4.69) is 16.3 Å². The topological polar surface area (TPSA) is 32.3 Å². The number of fused-ring (bicyclic) bond motifs is 2. The number of nitrogens with one attached hydrogen (secondary N) is 1. The molecule has 2 aliphatic heterocycles. The number of rotatable bonds is 0. The van der Waals surface area contributed by atoms with Gasteiger partial charge in [0, 0.05) is 6.54 Å². The third-order valence-electron chi connectivity index (χ3n) is 2.71. The molecule has 1 aromatic rings. The van der Waals surface area contributed by atoms with Gasteiger partial charge in [0.15, 0.2) is 0 Å². The largest absolute Gasteiger partial charge is 0.345 e. The molecule has 2 heterocycles. The van der Waals surface area contributed by atoms with Gasteiger partial charge in [-0.15, -0.1) is 0 Å². The summed E-state index contributed by atoms with van der Waals surface area (Å²) in [5.74, 6) is 0.0412. The number of benzene rings is 1. The quantitative estimate of drug-likeness (QED) is 0.653. The molecule has 0 bridgehead atoms. The fraction of sp³-hybridized carbons (Fsp3) is 0.182. The van der Waals surface area contributed by atoms with Crippen molar-refractivity contribution in [2.45, 2.75) is 6.54 Å². The maximum absolute atomic E-state index is 11.4. The zero-order chi connectivity index (χ0) is 9.54. The number of hydrogen-bond donors (Lipinski definition) is 1. The second-order valence-electron chi connectivity index (χ2n) is 3.59. The Kier molecular flexibility index (Phi) is 1.42. The molecule has 0 saturated carbocycles. The first-order valence-electron chi connectivity index (χ1n) is 4.67. The van der Waals surface area contributed by atoms with Gasteiger partial charge >= 0.3 is 0 Å². The van der Waals surface area contributed by atoms with Gasteiger partial charge in [-0.1, -0.05) is 24.3 Å². The lowest BCUT2D eigenvalue weighted by Gasteiger charge is -2.23.